The molecule has 2 atom stereocenters. The number of β-amino-alcohol motifs (C(OH)–C–C–N with tert-alkyl or cyclic N) is 1. The number of carbonyl (C=O) groups is 1. The second-order valence-electron chi connectivity index (χ2n) is 4.64. The van der Waals surface area contributed by atoms with Crippen LogP contribution in [-0.2, 0) is 6.54 Å². The molecule has 2 rings (SSSR count). The largest absolute Gasteiger partial charge is 0.391 e. The molecule has 0 bridgehead atoms. The highest BCUT2D eigenvalue weighted by molar-refractivity contribution is 9.11. The molecule has 1 aliphatic rings. The molecule has 6 heteroatoms. The van der Waals surface area contributed by atoms with Crippen LogP contribution < -0.4 is 5.32 Å². The first kappa shape index (κ1) is 13.8. The summed E-state index contributed by atoms with van der Waals surface area (Å²) in [7, 11) is 0. The third kappa shape index (κ3) is 3.46. The lowest BCUT2D eigenvalue weighted by molar-refractivity contribution is 0.0435. The number of aliphatic hydroxyl groups excluding tert-OH is 1. The number of aliphatic hydroxyl groups is 1. The summed E-state index contributed by atoms with van der Waals surface area (Å²) >= 11 is 5.00. The predicted molar refractivity (Wildman–Crippen MR) is 75.6 cm³/mol. The molecule has 0 spiro atoms. The lowest BCUT2D eigenvalue weighted by Gasteiger charge is -2.34. The Labute approximate surface area is 119 Å². The van der Waals surface area contributed by atoms with Crippen molar-refractivity contribution < 1.29 is 9.90 Å². The Morgan fingerprint density at radius 1 is 1.67 bits per heavy atom. The second-order valence-corrected chi connectivity index (χ2v) is 7.19. The number of nitrogens with one attached hydrogen (secondary N) is 1. The van der Waals surface area contributed by atoms with Crippen LogP contribution >= 0.6 is 27.3 Å². The van der Waals surface area contributed by atoms with Crippen molar-refractivity contribution >= 4 is 33.3 Å². The Balaban J connectivity index is 1.81. The van der Waals surface area contributed by atoms with Gasteiger partial charge < -0.3 is 15.3 Å². The Hall–Kier alpha value is -0.590. The molecule has 0 aromatic carbocycles. The normalized spacial score (nSPS) is 24.1. The standard InChI is InChI=1S/C12H17BrN2O2S/c1-8-4-5-15(7-10(8)16)12(17)14-6-9-2-3-11(13)18-9/h2-3,8,10,16H,4-7H2,1H3,(H,14,17). The summed E-state index contributed by atoms with van der Waals surface area (Å²) in [5.41, 5.74) is 0. The van der Waals surface area contributed by atoms with Crippen molar-refractivity contribution in [1.29, 1.82) is 0 Å². The number of piperidine rings is 1. The van der Waals surface area contributed by atoms with Gasteiger partial charge in [0.2, 0.25) is 0 Å². The van der Waals surface area contributed by atoms with Crippen LogP contribution in [0.5, 0.6) is 0 Å². The van der Waals surface area contributed by atoms with Crippen molar-refractivity contribution in [3.05, 3.63) is 20.8 Å². The summed E-state index contributed by atoms with van der Waals surface area (Å²) in [5.74, 6) is 0.280. The molecule has 1 aliphatic heterocycles. The van der Waals surface area contributed by atoms with E-state index in [1.165, 1.54) is 0 Å². The van der Waals surface area contributed by atoms with Crippen LogP contribution in [0.15, 0.2) is 15.9 Å². The number of hydrogen-bond donors (Lipinski definition) is 2. The number of carbonyl (C=O) groups excluding carboxylic acids is 1. The number of hydrogen-bond acceptors (Lipinski definition) is 3. The van der Waals surface area contributed by atoms with Crippen molar-refractivity contribution in [3.63, 3.8) is 0 Å². The fourth-order valence-corrected chi connectivity index (χ4v) is 3.38. The highest BCUT2D eigenvalue weighted by Gasteiger charge is 2.26. The molecule has 1 fully saturated rings. The third-order valence-corrected chi connectivity index (χ3v) is 4.87. The highest BCUT2D eigenvalue weighted by Crippen LogP contribution is 2.22. The first-order chi connectivity index (χ1) is 8.56. The van der Waals surface area contributed by atoms with E-state index in [2.05, 4.69) is 21.2 Å². The Bertz CT molecular complexity index is 424. The van der Waals surface area contributed by atoms with E-state index in [0.29, 0.717) is 13.1 Å². The Morgan fingerprint density at radius 2 is 2.44 bits per heavy atom. The lowest BCUT2D eigenvalue weighted by atomic mass is 9.96. The Morgan fingerprint density at radius 3 is 3.06 bits per heavy atom. The minimum atomic E-state index is -0.402. The molecule has 4 nitrogen and oxygen atoms in total. The minimum Gasteiger partial charge on any atom is -0.391 e. The van der Waals surface area contributed by atoms with Gasteiger partial charge in [-0.25, -0.2) is 4.79 Å². The molecule has 1 aromatic rings. The molecule has 2 unspecified atom stereocenters. The van der Waals surface area contributed by atoms with Gasteiger partial charge in [-0.1, -0.05) is 6.92 Å². The maximum atomic E-state index is 11.9. The van der Waals surface area contributed by atoms with Crippen LogP contribution in [0.4, 0.5) is 4.79 Å². The first-order valence-electron chi connectivity index (χ1n) is 6.01. The van der Waals surface area contributed by atoms with Crippen molar-refractivity contribution in [2.75, 3.05) is 13.1 Å². The summed E-state index contributed by atoms with van der Waals surface area (Å²) in [4.78, 5) is 14.7. The van der Waals surface area contributed by atoms with Crippen molar-refractivity contribution in [3.8, 4) is 0 Å². The van der Waals surface area contributed by atoms with Gasteiger partial charge in [0, 0.05) is 18.0 Å². The third-order valence-electron chi connectivity index (χ3n) is 3.25. The number of thiophene rings is 1. The molecule has 18 heavy (non-hydrogen) atoms. The highest BCUT2D eigenvalue weighted by atomic mass is 79.9. The van der Waals surface area contributed by atoms with Gasteiger partial charge in [-0.15, -0.1) is 11.3 Å². The van der Waals surface area contributed by atoms with Gasteiger partial charge in [0.1, 0.15) is 0 Å². The number of nitrogens with zero attached hydrogens (tertiary/aromatic N) is 1. The van der Waals surface area contributed by atoms with Crippen LogP contribution in [0.2, 0.25) is 0 Å². The molecule has 0 radical (unpaired) electrons. The summed E-state index contributed by atoms with van der Waals surface area (Å²) in [6.45, 7) is 3.71. The van der Waals surface area contributed by atoms with Gasteiger partial charge in [-0.3, -0.25) is 0 Å². The monoisotopic (exact) mass is 332 g/mol. The smallest absolute Gasteiger partial charge is 0.317 e. The van der Waals surface area contributed by atoms with Gasteiger partial charge >= 0.3 is 6.03 Å². The molecule has 1 saturated heterocycles. The molecule has 2 N–H and O–H groups in total. The maximum absolute atomic E-state index is 11.9. The summed E-state index contributed by atoms with van der Waals surface area (Å²) < 4.78 is 1.06. The number of halogens is 1. The number of urea groups is 1. The summed E-state index contributed by atoms with van der Waals surface area (Å²) in [6, 6.07) is 3.87. The average Bonchev–Trinajstić information content (AvgIpc) is 2.75. The molecule has 1 aromatic heterocycles. The van der Waals surface area contributed by atoms with E-state index in [4.69, 9.17) is 0 Å². The number of likely N-dealkylation sites (tertiary alicyclic amines) is 1. The average molecular weight is 333 g/mol. The number of rotatable bonds is 2. The fourth-order valence-electron chi connectivity index (χ4n) is 1.95. The zero-order valence-corrected chi connectivity index (χ0v) is 12.6. The van der Waals surface area contributed by atoms with E-state index in [-0.39, 0.29) is 11.9 Å². The summed E-state index contributed by atoms with van der Waals surface area (Å²) in [6.07, 6.45) is 0.458. The van der Waals surface area contributed by atoms with Gasteiger partial charge in [0.05, 0.1) is 16.4 Å². The second kappa shape index (κ2) is 6.04. The molecule has 2 amide bonds. The SMILES string of the molecule is CC1CCN(C(=O)NCc2ccc(Br)s2)CC1O. The molecular weight excluding hydrogens is 316 g/mol. The first-order valence-corrected chi connectivity index (χ1v) is 7.62. The van der Waals surface area contributed by atoms with Crippen LogP contribution in [0, 0.1) is 5.92 Å². The lowest BCUT2D eigenvalue weighted by Crippen LogP contribution is -2.49. The Kier molecular flexibility index (Phi) is 4.64. The van der Waals surface area contributed by atoms with Crippen LogP contribution in [-0.4, -0.2) is 35.2 Å². The number of amides is 2. The van der Waals surface area contributed by atoms with Crippen molar-refractivity contribution in [2.24, 2.45) is 5.92 Å². The molecule has 0 aliphatic carbocycles. The summed E-state index contributed by atoms with van der Waals surface area (Å²) in [5, 5.41) is 12.6. The van der Waals surface area contributed by atoms with E-state index in [1.54, 1.807) is 16.2 Å². The van der Waals surface area contributed by atoms with Crippen LogP contribution in [0.25, 0.3) is 0 Å². The van der Waals surface area contributed by atoms with E-state index >= 15 is 0 Å². The molecule has 100 valence electrons. The van der Waals surface area contributed by atoms with Gasteiger partial charge in [0.25, 0.3) is 0 Å². The van der Waals surface area contributed by atoms with Crippen molar-refractivity contribution in [1.82, 2.24) is 10.2 Å². The van der Waals surface area contributed by atoms with Crippen LogP contribution in [0.3, 0.4) is 0 Å². The zero-order valence-electron chi connectivity index (χ0n) is 10.2. The van der Waals surface area contributed by atoms with E-state index in [0.717, 1.165) is 21.6 Å². The van der Waals surface area contributed by atoms with E-state index < -0.39 is 6.10 Å². The topological polar surface area (TPSA) is 52.6 Å². The zero-order chi connectivity index (χ0) is 13.1. The van der Waals surface area contributed by atoms with Gasteiger partial charge in [0.15, 0.2) is 0 Å². The molecule has 2 heterocycles. The fraction of sp³-hybridized carbons (Fsp3) is 0.583. The van der Waals surface area contributed by atoms with E-state index in [9.17, 15) is 9.90 Å². The van der Waals surface area contributed by atoms with E-state index in [1.807, 2.05) is 19.1 Å². The quantitative estimate of drug-likeness (QED) is 0.873. The van der Waals surface area contributed by atoms with Crippen molar-refractivity contribution in [2.45, 2.75) is 26.0 Å². The van der Waals surface area contributed by atoms with Crippen LogP contribution in [0.1, 0.15) is 18.2 Å². The molecular formula is C12H17BrN2O2S. The maximum Gasteiger partial charge on any atom is 0.317 e. The van der Waals surface area contributed by atoms with Gasteiger partial charge in [-0.05, 0) is 40.4 Å². The predicted octanol–water partition coefficient (Wildman–Crippen LogP) is 2.42. The minimum absolute atomic E-state index is 0.0922. The van der Waals surface area contributed by atoms with Gasteiger partial charge in [-0.2, -0.15) is 0 Å². The molecule has 0 saturated carbocycles.